The molecule has 0 aromatic carbocycles. The number of aliphatic hydroxyl groups excluding tert-OH is 1. The van der Waals surface area contributed by atoms with Crippen LogP contribution in [0.25, 0.3) is 0 Å². The predicted molar refractivity (Wildman–Crippen MR) is 79.5 cm³/mol. The fourth-order valence-electron chi connectivity index (χ4n) is 2.45. The number of rotatable bonds is 3. The number of hydrogen-bond donors (Lipinski definition) is 1. The molecule has 2 heterocycles. The smallest absolute Gasteiger partial charge is 0.270 e. The Morgan fingerprint density at radius 2 is 2.05 bits per heavy atom. The number of β-amino-alcohol motifs (C(OH)–C–C–N with tert-alkyl or cyclic N) is 1. The van der Waals surface area contributed by atoms with E-state index in [1.54, 1.807) is 17.7 Å². The van der Waals surface area contributed by atoms with Gasteiger partial charge in [-0.15, -0.1) is 0 Å². The molecule has 0 saturated carbocycles. The summed E-state index contributed by atoms with van der Waals surface area (Å²) in [5, 5.41) is 9.76. The Morgan fingerprint density at radius 3 is 2.65 bits per heavy atom. The fourth-order valence-corrected chi connectivity index (χ4v) is 2.82. The molecule has 0 atom stereocenters. The number of aliphatic hydroxyl groups is 1. The molecule has 20 heavy (non-hydrogen) atoms. The van der Waals surface area contributed by atoms with Crippen LogP contribution in [0.2, 0.25) is 10.2 Å². The van der Waals surface area contributed by atoms with Crippen molar-refractivity contribution in [2.24, 2.45) is 7.05 Å². The summed E-state index contributed by atoms with van der Waals surface area (Å²) >= 11 is 12.0. The van der Waals surface area contributed by atoms with Gasteiger partial charge in [0, 0.05) is 33.2 Å². The van der Waals surface area contributed by atoms with Gasteiger partial charge in [-0.1, -0.05) is 23.2 Å². The van der Waals surface area contributed by atoms with Crippen LogP contribution in [0.5, 0.6) is 0 Å². The molecule has 1 aromatic rings. The van der Waals surface area contributed by atoms with Gasteiger partial charge >= 0.3 is 0 Å². The molecule has 0 radical (unpaired) electrons. The van der Waals surface area contributed by atoms with Crippen molar-refractivity contribution in [3.63, 3.8) is 0 Å². The molecule has 0 bridgehead atoms. The van der Waals surface area contributed by atoms with Crippen LogP contribution in [-0.4, -0.2) is 64.7 Å². The highest BCUT2D eigenvalue weighted by atomic mass is 35.5. The molecule has 7 heteroatoms. The lowest BCUT2D eigenvalue weighted by molar-refractivity contribution is 0.0751. The molecule has 1 aromatic heterocycles. The molecule has 0 unspecified atom stereocenters. The minimum Gasteiger partial charge on any atom is -0.395 e. The van der Waals surface area contributed by atoms with Gasteiger partial charge in [-0.3, -0.25) is 9.69 Å². The Labute approximate surface area is 128 Å². The zero-order valence-corrected chi connectivity index (χ0v) is 13.0. The van der Waals surface area contributed by atoms with Crippen LogP contribution in [-0.2, 0) is 7.05 Å². The Bertz CT molecular complexity index is 490. The van der Waals surface area contributed by atoms with Gasteiger partial charge in [0.1, 0.15) is 10.8 Å². The van der Waals surface area contributed by atoms with Crippen LogP contribution in [0.4, 0.5) is 0 Å². The maximum Gasteiger partial charge on any atom is 0.270 e. The van der Waals surface area contributed by atoms with Crippen LogP contribution in [0.3, 0.4) is 0 Å². The molecule has 1 aliphatic rings. The molecule has 5 nitrogen and oxygen atoms in total. The number of carbonyl (C=O) groups is 1. The van der Waals surface area contributed by atoms with Gasteiger partial charge in [0.05, 0.1) is 11.6 Å². The quantitative estimate of drug-likeness (QED) is 0.918. The third kappa shape index (κ3) is 3.28. The van der Waals surface area contributed by atoms with E-state index in [4.69, 9.17) is 28.3 Å². The number of carbonyl (C=O) groups excluding carboxylic acids is 1. The van der Waals surface area contributed by atoms with Crippen molar-refractivity contribution in [1.82, 2.24) is 14.4 Å². The summed E-state index contributed by atoms with van der Waals surface area (Å²) in [5.41, 5.74) is 0.510. The first-order chi connectivity index (χ1) is 9.54. The summed E-state index contributed by atoms with van der Waals surface area (Å²) < 4.78 is 1.61. The molecule has 0 aliphatic carbocycles. The molecular formula is C13H19Cl2N3O2. The van der Waals surface area contributed by atoms with E-state index in [2.05, 4.69) is 4.90 Å². The third-order valence-corrected chi connectivity index (χ3v) is 4.47. The Balaban J connectivity index is 2.07. The molecule has 112 valence electrons. The molecule has 1 amide bonds. The van der Waals surface area contributed by atoms with Crippen molar-refractivity contribution in [1.29, 1.82) is 0 Å². The van der Waals surface area contributed by atoms with Gasteiger partial charge in [-0.05, 0) is 19.0 Å². The van der Waals surface area contributed by atoms with Crippen LogP contribution in [0.15, 0.2) is 6.07 Å². The van der Waals surface area contributed by atoms with E-state index < -0.39 is 0 Å². The van der Waals surface area contributed by atoms with E-state index >= 15 is 0 Å². The monoisotopic (exact) mass is 319 g/mol. The first kappa shape index (κ1) is 15.6. The first-order valence-corrected chi connectivity index (χ1v) is 7.43. The highest BCUT2D eigenvalue weighted by Gasteiger charge is 2.23. The maximum absolute atomic E-state index is 12.5. The summed E-state index contributed by atoms with van der Waals surface area (Å²) in [6, 6.07) is 1.61. The number of halogens is 2. The molecule has 1 aliphatic heterocycles. The van der Waals surface area contributed by atoms with Crippen LogP contribution in [0.1, 0.15) is 16.9 Å². The lowest BCUT2D eigenvalue weighted by Crippen LogP contribution is -2.36. The molecule has 2 rings (SSSR count). The van der Waals surface area contributed by atoms with Gasteiger partial charge in [0.25, 0.3) is 5.91 Å². The highest BCUT2D eigenvalue weighted by molar-refractivity contribution is 6.41. The Hall–Kier alpha value is -0.750. The van der Waals surface area contributed by atoms with Gasteiger partial charge in [-0.2, -0.15) is 0 Å². The number of aromatic nitrogens is 1. The average Bonchev–Trinajstić information content (AvgIpc) is 2.63. The third-order valence-electron chi connectivity index (χ3n) is 3.63. The Kier molecular flexibility index (Phi) is 5.32. The minimum absolute atomic E-state index is 0.0489. The average molecular weight is 320 g/mol. The summed E-state index contributed by atoms with van der Waals surface area (Å²) in [6.45, 7) is 3.85. The van der Waals surface area contributed by atoms with Crippen LogP contribution >= 0.6 is 23.2 Å². The van der Waals surface area contributed by atoms with Gasteiger partial charge in [0.15, 0.2) is 0 Å². The molecule has 1 N–H and O–H groups in total. The van der Waals surface area contributed by atoms with Gasteiger partial charge in [-0.25, -0.2) is 0 Å². The SMILES string of the molecule is Cn1c(C(=O)N2CCCN(CCO)CC2)cc(Cl)c1Cl. The second kappa shape index (κ2) is 6.80. The van der Waals surface area contributed by atoms with Crippen molar-refractivity contribution >= 4 is 29.1 Å². The lowest BCUT2D eigenvalue weighted by Gasteiger charge is -2.21. The van der Waals surface area contributed by atoms with E-state index in [1.165, 1.54) is 0 Å². The predicted octanol–water partition coefficient (Wildman–Crippen LogP) is 1.47. The summed E-state index contributed by atoms with van der Waals surface area (Å²) in [5.74, 6) is -0.0489. The number of amides is 1. The Morgan fingerprint density at radius 1 is 1.30 bits per heavy atom. The normalized spacial score (nSPS) is 17.3. The summed E-state index contributed by atoms with van der Waals surface area (Å²) in [7, 11) is 1.73. The number of hydrogen-bond acceptors (Lipinski definition) is 3. The maximum atomic E-state index is 12.5. The molecule has 0 spiro atoms. The van der Waals surface area contributed by atoms with E-state index in [-0.39, 0.29) is 12.5 Å². The van der Waals surface area contributed by atoms with Crippen molar-refractivity contribution in [3.05, 3.63) is 21.9 Å². The molecule has 1 fully saturated rings. The molecule has 1 saturated heterocycles. The van der Waals surface area contributed by atoms with E-state index in [9.17, 15) is 4.79 Å². The van der Waals surface area contributed by atoms with Crippen molar-refractivity contribution in [2.45, 2.75) is 6.42 Å². The standard InChI is InChI=1S/C13H19Cl2N3O2/c1-16-11(9-10(14)12(16)15)13(20)18-4-2-3-17(5-6-18)7-8-19/h9,19H,2-8H2,1H3. The van der Waals surface area contributed by atoms with E-state index in [0.717, 1.165) is 19.5 Å². The van der Waals surface area contributed by atoms with Crippen molar-refractivity contribution < 1.29 is 9.90 Å². The van der Waals surface area contributed by atoms with E-state index in [0.29, 0.717) is 35.5 Å². The van der Waals surface area contributed by atoms with Crippen molar-refractivity contribution in [2.75, 3.05) is 39.3 Å². The van der Waals surface area contributed by atoms with Gasteiger partial charge in [0.2, 0.25) is 0 Å². The first-order valence-electron chi connectivity index (χ1n) is 6.67. The van der Waals surface area contributed by atoms with Crippen molar-refractivity contribution in [3.8, 4) is 0 Å². The topological polar surface area (TPSA) is 48.7 Å². The van der Waals surface area contributed by atoms with Crippen LogP contribution in [0, 0.1) is 0 Å². The van der Waals surface area contributed by atoms with E-state index in [1.807, 2.05) is 4.90 Å². The summed E-state index contributed by atoms with van der Waals surface area (Å²) in [6.07, 6.45) is 0.900. The fraction of sp³-hybridized carbons (Fsp3) is 0.615. The largest absolute Gasteiger partial charge is 0.395 e. The second-order valence-electron chi connectivity index (χ2n) is 4.94. The van der Waals surface area contributed by atoms with Crippen LogP contribution < -0.4 is 0 Å². The second-order valence-corrected chi connectivity index (χ2v) is 5.70. The minimum atomic E-state index is -0.0489. The molecular weight excluding hydrogens is 301 g/mol. The summed E-state index contributed by atoms with van der Waals surface area (Å²) in [4.78, 5) is 16.5. The lowest BCUT2D eigenvalue weighted by atomic mass is 10.3. The zero-order valence-electron chi connectivity index (χ0n) is 11.5. The number of nitrogens with zero attached hydrogens (tertiary/aromatic N) is 3. The highest BCUT2D eigenvalue weighted by Crippen LogP contribution is 2.26. The zero-order chi connectivity index (χ0) is 14.7. The van der Waals surface area contributed by atoms with Gasteiger partial charge < -0.3 is 14.6 Å².